The summed E-state index contributed by atoms with van der Waals surface area (Å²) in [5.41, 5.74) is 0.279. The molecule has 96 valence electrons. The largest absolute Gasteiger partial charge is 0.464 e. The molecular weight excluding hydrogens is 252 g/mol. The maximum absolute atomic E-state index is 11.8. The minimum Gasteiger partial charge on any atom is -0.464 e. The van der Waals surface area contributed by atoms with Crippen LogP contribution in [0.2, 0.25) is 0 Å². The second-order valence-corrected chi connectivity index (χ2v) is 4.51. The lowest BCUT2D eigenvalue weighted by Gasteiger charge is -2.00. The molecule has 0 N–H and O–H groups in total. The molecule has 7 heteroatoms. The quantitative estimate of drug-likeness (QED) is 0.583. The number of hydrogen-bond donors (Lipinski definition) is 0. The molecule has 0 spiro atoms. The lowest BCUT2D eigenvalue weighted by molar-refractivity contribution is 0.0187. The van der Waals surface area contributed by atoms with Crippen molar-refractivity contribution in [1.29, 1.82) is 0 Å². The predicted octanol–water partition coefficient (Wildman–Crippen LogP) is 2.06. The fraction of sp³-hybridized carbons (Fsp3) is 0.600. The molecule has 1 aromatic rings. The zero-order valence-electron chi connectivity index (χ0n) is 9.53. The molecule has 1 rings (SSSR count). The van der Waals surface area contributed by atoms with Gasteiger partial charge in [0.1, 0.15) is 6.61 Å². The number of alkyl halides is 2. The van der Waals surface area contributed by atoms with Crippen molar-refractivity contribution in [2.75, 3.05) is 20.3 Å². The molecule has 0 aromatic carbocycles. The number of rotatable bonds is 6. The van der Waals surface area contributed by atoms with Crippen LogP contribution in [0.25, 0.3) is 0 Å². The molecular formula is C10H13F2NO3S. The van der Waals surface area contributed by atoms with Gasteiger partial charge >= 0.3 is 5.97 Å². The molecule has 0 aliphatic heterocycles. The first kappa shape index (κ1) is 14.0. The number of aromatic nitrogens is 1. The van der Waals surface area contributed by atoms with Crippen molar-refractivity contribution >= 4 is 17.3 Å². The number of carbonyl (C=O) groups is 1. The van der Waals surface area contributed by atoms with Gasteiger partial charge < -0.3 is 9.47 Å². The molecule has 1 heterocycles. The summed E-state index contributed by atoms with van der Waals surface area (Å²) >= 11 is 1.34. The van der Waals surface area contributed by atoms with E-state index in [1.54, 1.807) is 6.92 Å². The average molecular weight is 265 g/mol. The molecule has 0 aliphatic rings. The van der Waals surface area contributed by atoms with Crippen LogP contribution < -0.4 is 0 Å². The van der Waals surface area contributed by atoms with E-state index in [1.807, 2.05) is 0 Å². The van der Waals surface area contributed by atoms with Crippen molar-refractivity contribution in [1.82, 2.24) is 4.98 Å². The van der Waals surface area contributed by atoms with E-state index in [1.165, 1.54) is 18.4 Å². The SMILES string of the molecule is COC(=O)c1nc(CCOCC(F)F)sc1C. The van der Waals surface area contributed by atoms with Crippen LogP contribution in [0, 0.1) is 6.92 Å². The van der Waals surface area contributed by atoms with Gasteiger partial charge in [-0.3, -0.25) is 0 Å². The molecule has 1 aromatic heterocycles. The van der Waals surface area contributed by atoms with Crippen LogP contribution in [-0.4, -0.2) is 37.7 Å². The van der Waals surface area contributed by atoms with E-state index in [4.69, 9.17) is 4.74 Å². The van der Waals surface area contributed by atoms with E-state index in [2.05, 4.69) is 9.72 Å². The maximum Gasteiger partial charge on any atom is 0.357 e. The van der Waals surface area contributed by atoms with Gasteiger partial charge in [-0.25, -0.2) is 18.6 Å². The van der Waals surface area contributed by atoms with Gasteiger partial charge in [-0.2, -0.15) is 0 Å². The Morgan fingerprint density at radius 1 is 1.53 bits per heavy atom. The third-order valence-corrected chi connectivity index (χ3v) is 2.95. The van der Waals surface area contributed by atoms with E-state index in [0.717, 1.165) is 4.88 Å². The average Bonchev–Trinajstić information content (AvgIpc) is 2.65. The van der Waals surface area contributed by atoms with Gasteiger partial charge in [-0.05, 0) is 6.92 Å². The van der Waals surface area contributed by atoms with E-state index < -0.39 is 19.0 Å². The number of aryl methyl sites for hydroxylation is 1. The van der Waals surface area contributed by atoms with Crippen molar-refractivity contribution in [2.45, 2.75) is 19.8 Å². The van der Waals surface area contributed by atoms with Gasteiger partial charge in [-0.1, -0.05) is 0 Å². The summed E-state index contributed by atoms with van der Waals surface area (Å²) in [7, 11) is 1.28. The Morgan fingerprint density at radius 2 is 2.24 bits per heavy atom. The molecule has 0 aliphatic carbocycles. The molecule has 0 radical (unpaired) electrons. The first-order valence-corrected chi connectivity index (χ1v) is 5.76. The van der Waals surface area contributed by atoms with Gasteiger partial charge in [0.15, 0.2) is 5.69 Å². The predicted molar refractivity (Wildman–Crippen MR) is 58.7 cm³/mol. The highest BCUT2D eigenvalue weighted by Gasteiger charge is 2.15. The minimum atomic E-state index is -2.46. The lowest BCUT2D eigenvalue weighted by Crippen LogP contribution is -2.07. The zero-order valence-corrected chi connectivity index (χ0v) is 10.4. The number of carbonyl (C=O) groups excluding carboxylic acids is 1. The summed E-state index contributed by atoms with van der Waals surface area (Å²) in [6, 6.07) is 0. The summed E-state index contributed by atoms with van der Waals surface area (Å²) in [6.07, 6.45) is -2.05. The van der Waals surface area contributed by atoms with Gasteiger partial charge in [0, 0.05) is 11.3 Å². The normalized spacial score (nSPS) is 10.9. The highest BCUT2D eigenvalue weighted by atomic mass is 32.1. The van der Waals surface area contributed by atoms with E-state index in [-0.39, 0.29) is 12.3 Å². The molecule has 0 bridgehead atoms. The molecule has 17 heavy (non-hydrogen) atoms. The number of halogens is 2. The highest BCUT2D eigenvalue weighted by molar-refractivity contribution is 7.11. The Bertz CT molecular complexity index is 382. The van der Waals surface area contributed by atoms with Crippen LogP contribution >= 0.6 is 11.3 Å². The van der Waals surface area contributed by atoms with Crippen molar-refractivity contribution in [3.05, 3.63) is 15.6 Å². The first-order valence-electron chi connectivity index (χ1n) is 4.95. The van der Waals surface area contributed by atoms with Crippen LogP contribution in [0.4, 0.5) is 8.78 Å². The van der Waals surface area contributed by atoms with Gasteiger partial charge in [-0.15, -0.1) is 11.3 Å². The summed E-state index contributed by atoms with van der Waals surface area (Å²) in [6.45, 7) is 1.35. The lowest BCUT2D eigenvalue weighted by atomic mass is 10.4. The van der Waals surface area contributed by atoms with Crippen LogP contribution in [0.1, 0.15) is 20.4 Å². The second kappa shape index (κ2) is 6.61. The monoisotopic (exact) mass is 265 g/mol. The number of methoxy groups -OCH3 is 1. The van der Waals surface area contributed by atoms with E-state index in [0.29, 0.717) is 11.4 Å². The molecule has 0 amide bonds. The molecule has 0 saturated heterocycles. The number of thiazole rings is 1. The van der Waals surface area contributed by atoms with E-state index in [9.17, 15) is 13.6 Å². The van der Waals surface area contributed by atoms with Crippen LogP contribution in [0.3, 0.4) is 0 Å². The van der Waals surface area contributed by atoms with Gasteiger partial charge in [0.25, 0.3) is 6.43 Å². The molecule has 0 unspecified atom stereocenters. The standard InChI is InChI=1S/C10H13F2NO3S/c1-6-9(10(14)15-2)13-8(17-6)3-4-16-5-7(11)12/h7H,3-5H2,1-2H3. The Labute approximate surface area is 102 Å². The maximum atomic E-state index is 11.8. The van der Waals surface area contributed by atoms with Gasteiger partial charge in [0.05, 0.1) is 18.7 Å². The summed E-state index contributed by atoms with van der Waals surface area (Å²) in [5.74, 6) is -0.488. The van der Waals surface area contributed by atoms with Crippen LogP contribution in [-0.2, 0) is 15.9 Å². The second-order valence-electron chi connectivity index (χ2n) is 3.22. The van der Waals surface area contributed by atoms with Crippen molar-refractivity contribution in [2.24, 2.45) is 0 Å². The third kappa shape index (κ3) is 4.35. The number of ether oxygens (including phenoxy) is 2. The van der Waals surface area contributed by atoms with Crippen molar-refractivity contribution in [3.8, 4) is 0 Å². The smallest absolute Gasteiger partial charge is 0.357 e. The van der Waals surface area contributed by atoms with Gasteiger partial charge in [0.2, 0.25) is 0 Å². The third-order valence-electron chi connectivity index (χ3n) is 1.92. The first-order chi connectivity index (χ1) is 8.04. The van der Waals surface area contributed by atoms with Crippen LogP contribution in [0.15, 0.2) is 0 Å². The Morgan fingerprint density at radius 3 is 2.82 bits per heavy atom. The number of esters is 1. The molecule has 0 fully saturated rings. The summed E-state index contributed by atoms with van der Waals surface area (Å²) in [4.78, 5) is 16.1. The molecule has 0 atom stereocenters. The Hall–Kier alpha value is -1.08. The van der Waals surface area contributed by atoms with Crippen LogP contribution in [0.5, 0.6) is 0 Å². The zero-order chi connectivity index (χ0) is 12.8. The number of hydrogen-bond acceptors (Lipinski definition) is 5. The Balaban J connectivity index is 2.47. The molecule has 4 nitrogen and oxygen atoms in total. The van der Waals surface area contributed by atoms with Crippen molar-refractivity contribution < 1.29 is 23.0 Å². The fourth-order valence-electron chi connectivity index (χ4n) is 1.18. The fourth-order valence-corrected chi connectivity index (χ4v) is 2.08. The highest BCUT2D eigenvalue weighted by Crippen LogP contribution is 2.18. The summed E-state index contributed by atoms with van der Waals surface area (Å²) in [5, 5.41) is 0.678. The van der Waals surface area contributed by atoms with Crippen molar-refractivity contribution in [3.63, 3.8) is 0 Å². The van der Waals surface area contributed by atoms with E-state index >= 15 is 0 Å². The molecule has 0 saturated carbocycles. The summed E-state index contributed by atoms with van der Waals surface area (Å²) < 4.78 is 32.9. The Kier molecular flexibility index (Phi) is 5.43. The number of nitrogens with zero attached hydrogens (tertiary/aromatic N) is 1. The topological polar surface area (TPSA) is 48.4 Å². The minimum absolute atomic E-state index is 0.165.